The molecule has 52 valence electrons. The van der Waals surface area contributed by atoms with E-state index in [0.29, 0.717) is 19.0 Å². The Morgan fingerprint density at radius 3 is 1.44 bits per heavy atom. The zero-order valence-corrected chi connectivity index (χ0v) is 9.40. The van der Waals surface area contributed by atoms with Crippen molar-refractivity contribution < 1.29 is 0 Å². The van der Waals surface area contributed by atoms with Gasteiger partial charge in [-0.2, -0.15) is 0 Å². The molecular formula is C3H4Cl4Si2. The van der Waals surface area contributed by atoms with Crippen molar-refractivity contribution in [2.45, 2.75) is 14.6 Å². The quantitative estimate of drug-likeness (QED) is 0.520. The lowest BCUT2D eigenvalue weighted by Crippen LogP contribution is -2.10. The summed E-state index contributed by atoms with van der Waals surface area (Å²) in [6.45, 7) is 0. The highest BCUT2D eigenvalue weighted by Crippen LogP contribution is 2.04. The van der Waals surface area contributed by atoms with Crippen LogP contribution in [0.15, 0.2) is 0 Å². The SMILES string of the molecule is ClC(Cl)[Si]C[Si]C(Cl)Cl. The van der Waals surface area contributed by atoms with E-state index in [9.17, 15) is 0 Å². The summed E-state index contributed by atoms with van der Waals surface area (Å²) in [6, 6.07) is 0. The van der Waals surface area contributed by atoms with Crippen LogP contribution in [-0.4, -0.2) is 28.0 Å². The summed E-state index contributed by atoms with van der Waals surface area (Å²) in [5, 5.41) is 0. The number of hydrogen-bond acceptors (Lipinski definition) is 0. The molecule has 0 aromatic heterocycles. The van der Waals surface area contributed by atoms with Gasteiger partial charge in [-0.1, -0.05) is 5.67 Å². The fourth-order valence-corrected chi connectivity index (χ4v) is 4.70. The minimum Gasteiger partial charge on any atom is -0.110 e. The Hall–Kier alpha value is 1.59. The first-order valence-electron chi connectivity index (χ1n) is 2.16. The fraction of sp³-hybridized carbons (Fsp3) is 1.00. The molecule has 0 saturated carbocycles. The molecule has 0 heterocycles. The highest BCUT2D eigenvalue weighted by molar-refractivity contribution is 6.78. The van der Waals surface area contributed by atoms with Gasteiger partial charge in [0.2, 0.25) is 0 Å². The first-order valence-corrected chi connectivity index (χ1v) is 6.47. The van der Waals surface area contributed by atoms with Crippen molar-refractivity contribution in [3.8, 4) is 0 Å². The van der Waals surface area contributed by atoms with Crippen LogP contribution < -0.4 is 0 Å². The Morgan fingerprint density at radius 2 is 1.22 bits per heavy atom. The second kappa shape index (κ2) is 6.31. The van der Waals surface area contributed by atoms with Crippen LogP contribution >= 0.6 is 46.4 Å². The monoisotopic (exact) mass is 236 g/mol. The largest absolute Gasteiger partial charge is 0.110 e. The molecular weight excluding hydrogens is 234 g/mol. The van der Waals surface area contributed by atoms with Gasteiger partial charge in [-0.25, -0.2) is 0 Å². The molecule has 0 atom stereocenters. The van der Waals surface area contributed by atoms with Gasteiger partial charge in [0.1, 0.15) is 0 Å². The van der Waals surface area contributed by atoms with Gasteiger partial charge in [-0.3, -0.25) is 0 Å². The van der Waals surface area contributed by atoms with Crippen LogP contribution in [0, 0.1) is 0 Å². The minimum absolute atomic E-state index is 0.246. The van der Waals surface area contributed by atoms with Crippen LogP contribution in [0.2, 0.25) is 5.67 Å². The van der Waals surface area contributed by atoms with Gasteiger partial charge < -0.3 is 0 Å². The lowest BCUT2D eigenvalue weighted by Gasteiger charge is -1.97. The predicted molar refractivity (Wildman–Crippen MR) is 47.3 cm³/mol. The Morgan fingerprint density at radius 1 is 0.889 bits per heavy atom. The molecule has 0 spiro atoms. The zero-order chi connectivity index (χ0) is 7.28. The average molecular weight is 238 g/mol. The van der Waals surface area contributed by atoms with Crippen LogP contribution in [-0.2, 0) is 0 Å². The average Bonchev–Trinajstić information content (AvgIpc) is 1.63. The number of rotatable bonds is 4. The van der Waals surface area contributed by atoms with Gasteiger partial charge >= 0.3 is 0 Å². The van der Waals surface area contributed by atoms with E-state index in [1.54, 1.807) is 0 Å². The molecule has 0 rings (SSSR count). The maximum atomic E-state index is 5.46. The normalized spacial score (nSPS) is 11.3. The van der Waals surface area contributed by atoms with E-state index in [4.69, 9.17) is 46.4 Å². The second-order valence-electron chi connectivity index (χ2n) is 1.19. The van der Waals surface area contributed by atoms with E-state index >= 15 is 0 Å². The molecule has 0 aromatic rings. The standard InChI is InChI=1S/C3H4Cl4Si2/c4-2(5)8-1-9-3(6)7/h2-3H,1H2. The van der Waals surface area contributed by atoms with Gasteiger partial charge in [0.15, 0.2) is 0 Å². The van der Waals surface area contributed by atoms with Crippen molar-refractivity contribution in [2.75, 3.05) is 0 Å². The smallest absolute Gasteiger partial charge is 0.0926 e. The molecule has 0 fully saturated rings. The molecule has 0 amide bonds. The number of halogens is 4. The molecule has 0 aliphatic carbocycles. The molecule has 4 radical (unpaired) electrons. The first kappa shape index (κ1) is 10.6. The summed E-state index contributed by atoms with van der Waals surface area (Å²) in [5.41, 5.74) is 0.940. The molecule has 0 saturated heterocycles. The van der Waals surface area contributed by atoms with Crippen LogP contribution in [0.4, 0.5) is 0 Å². The van der Waals surface area contributed by atoms with Crippen LogP contribution in [0.1, 0.15) is 0 Å². The molecule has 0 aromatic carbocycles. The minimum atomic E-state index is -0.246. The summed E-state index contributed by atoms with van der Waals surface area (Å²) in [6.07, 6.45) is 0. The highest BCUT2D eigenvalue weighted by Gasteiger charge is 2.04. The molecule has 0 aliphatic heterocycles. The number of alkyl halides is 4. The van der Waals surface area contributed by atoms with Gasteiger partial charge in [0.25, 0.3) is 0 Å². The molecule has 6 heteroatoms. The third-order valence-electron chi connectivity index (χ3n) is 0.513. The third kappa shape index (κ3) is 9.59. The lowest BCUT2D eigenvalue weighted by molar-refractivity contribution is 1.73. The second-order valence-corrected chi connectivity index (χ2v) is 8.23. The van der Waals surface area contributed by atoms with Crippen molar-refractivity contribution in [2.24, 2.45) is 0 Å². The topological polar surface area (TPSA) is 0 Å². The van der Waals surface area contributed by atoms with Gasteiger partial charge in [0, 0.05) is 0 Å². The first-order chi connectivity index (χ1) is 4.13. The van der Waals surface area contributed by atoms with Crippen LogP contribution in [0.5, 0.6) is 0 Å². The summed E-state index contributed by atoms with van der Waals surface area (Å²) in [7, 11) is 1.11. The van der Waals surface area contributed by atoms with Gasteiger partial charge in [-0.05, 0) is 0 Å². The van der Waals surface area contributed by atoms with E-state index < -0.39 is 0 Å². The highest BCUT2D eigenvalue weighted by atomic mass is 35.5. The van der Waals surface area contributed by atoms with Crippen molar-refractivity contribution in [1.29, 1.82) is 0 Å². The van der Waals surface area contributed by atoms with Gasteiger partial charge in [-0.15, -0.1) is 46.4 Å². The Labute approximate surface area is 79.8 Å². The summed E-state index contributed by atoms with van der Waals surface area (Å²) >= 11 is 21.8. The molecule has 9 heavy (non-hydrogen) atoms. The van der Waals surface area contributed by atoms with Crippen molar-refractivity contribution in [3.05, 3.63) is 0 Å². The Balaban J connectivity index is 2.91. The summed E-state index contributed by atoms with van der Waals surface area (Å²) in [4.78, 5) is 0. The van der Waals surface area contributed by atoms with Gasteiger partial charge in [0.05, 0.1) is 28.0 Å². The lowest BCUT2D eigenvalue weighted by atomic mass is 11.8. The summed E-state index contributed by atoms with van der Waals surface area (Å²) < 4.78 is -0.492. The van der Waals surface area contributed by atoms with E-state index in [-0.39, 0.29) is 8.92 Å². The molecule has 0 nitrogen and oxygen atoms in total. The molecule has 0 aliphatic rings. The molecule has 0 N–H and O–H groups in total. The molecule has 0 bridgehead atoms. The summed E-state index contributed by atoms with van der Waals surface area (Å²) in [5.74, 6) is 0. The van der Waals surface area contributed by atoms with E-state index in [2.05, 4.69) is 0 Å². The zero-order valence-electron chi connectivity index (χ0n) is 4.37. The van der Waals surface area contributed by atoms with Crippen molar-refractivity contribution in [1.82, 2.24) is 0 Å². The van der Waals surface area contributed by atoms with Crippen molar-refractivity contribution in [3.63, 3.8) is 0 Å². The Kier molecular flexibility index (Phi) is 7.43. The van der Waals surface area contributed by atoms with Crippen LogP contribution in [0.3, 0.4) is 0 Å². The molecule has 0 unspecified atom stereocenters. The Bertz CT molecular complexity index is 58.8. The fourth-order valence-electron chi connectivity index (χ4n) is 0.213. The van der Waals surface area contributed by atoms with E-state index in [0.717, 1.165) is 5.67 Å². The maximum absolute atomic E-state index is 5.46. The van der Waals surface area contributed by atoms with Crippen molar-refractivity contribution >= 4 is 65.4 Å². The van der Waals surface area contributed by atoms with E-state index in [1.165, 1.54) is 0 Å². The third-order valence-corrected chi connectivity index (χ3v) is 4.61. The van der Waals surface area contributed by atoms with E-state index in [1.807, 2.05) is 0 Å². The number of hydrogen-bond donors (Lipinski definition) is 0. The predicted octanol–water partition coefficient (Wildman–Crippen LogP) is 2.29. The van der Waals surface area contributed by atoms with Crippen LogP contribution in [0.25, 0.3) is 0 Å². The maximum Gasteiger partial charge on any atom is 0.0926 e.